The fourth-order valence-corrected chi connectivity index (χ4v) is 3.95. The van der Waals surface area contributed by atoms with Gasteiger partial charge in [-0.25, -0.2) is 0 Å². The van der Waals surface area contributed by atoms with Crippen molar-refractivity contribution in [2.75, 3.05) is 79.2 Å². The minimum atomic E-state index is 0.119. The van der Waals surface area contributed by atoms with Crippen molar-refractivity contribution in [1.29, 1.82) is 0 Å². The van der Waals surface area contributed by atoms with Gasteiger partial charge in [-0.3, -0.25) is 14.6 Å². The Hall–Kier alpha value is -1.47. The van der Waals surface area contributed by atoms with E-state index in [1.165, 1.54) is 5.56 Å². The first-order chi connectivity index (χ1) is 13.2. The first kappa shape index (κ1) is 20.3. The second kappa shape index (κ2) is 10.8. The third kappa shape index (κ3) is 6.57. The molecule has 6 nitrogen and oxygen atoms in total. The fraction of sp³-hybridized carbons (Fsp3) is 0.667. The Morgan fingerprint density at radius 2 is 1.48 bits per heavy atom. The number of piperazine rings is 1. The lowest BCUT2D eigenvalue weighted by molar-refractivity contribution is -0.135. The molecule has 6 heteroatoms. The van der Waals surface area contributed by atoms with Gasteiger partial charge in [-0.15, -0.1) is 0 Å². The Balaban J connectivity index is 1.33. The average Bonchev–Trinajstić information content (AvgIpc) is 2.94. The molecule has 0 N–H and O–H groups in total. The summed E-state index contributed by atoms with van der Waals surface area (Å²) in [6, 6.07) is 10.8. The molecule has 2 aliphatic rings. The molecule has 0 atom stereocenters. The first-order valence-electron chi connectivity index (χ1n) is 10.2. The van der Waals surface area contributed by atoms with Crippen LogP contribution in [0.1, 0.15) is 12.0 Å². The maximum Gasteiger partial charge on any atom is 0.248 e. The number of amides is 1. The zero-order chi connectivity index (χ0) is 18.9. The van der Waals surface area contributed by atoms with E-state index in [-0.39, 0.29) is 12.5 Å². The van der Waals surface area contributed by atoms with Gasteiger partial charge in [-0.2, -0.15) is 0 Å². The maximum atomic E-state index is 12.0. The summed E-state index contributed by atoms with van der Waals surface area (Å²) in [5.74, 6) is 0.119. The maximum absolute atomic E-state index is 12.0. The number of ether oxygens (including phenoxy) is 1. The number of nitrogens with zero attached hydrogens (tertiary/aromatic N) is 4. The summed E-state index contributed by atoms with van der Waals surface area (Å²) in [6.07, 6.45) is 1.06. The molecule has 150 valence electrons. The zero-order valence-electron chi connectivity index (χ0n) is 16.7. The molecule has 2 aliphatic heterocycles. The van der Waals surface area contributed by atoms with Crippen molar-refractivity contribution in [3.63, 3.8) is 0 Å². The van der Waals surface area contributed by atoms with Crippen molar-refractivity contribution < 1.29 is 9.53 Å². The smallest absolute Gasteiger partial charge is 0.248 e. The van der Waals surface area contributed by atoms with Crippen LogP contribution in [0.5, 0.6) is 0 Å². The molecule has 1 aromatic rings. The van der Waals surface area contributed by atoms with E-state index in [1.54, 1.807) is 7.11 Å². The quantitative estimate of drug-likeness (QED) is 0.712. The predicted molar refractivity (Wildman–Crippen MR) is 108 cm³/mol. The number of rotatable bonds is 7. The fourth-order valence-electron chi connectivity index (χ4n) is 3.95. The lowest BCUT2D eigenvalue weighted by Gasteiger charge is -2.35. The van der Waals surface area contributed by atoms with Crippen molar-refractivity contribution in [3.05, 3.63) is 35.9 Å². The van der Waals surface area contributed by atoms with Crippen molar-refractivity contribution in [3.8, 4) is 0 Å². The Bertz CT molecular complexity index is 561. The average molecular weight is 375 g/mol. The van der Waals surface area contributed by atoms with Crippen LogP contribution in [0.15, 0.2) is 30.3 Å². The van der Waals surface area contributed by atoms with Gasteiger partial charge in [0.25, 0.3) is 0 Å². The van der Waals surface area contributed by atoms with Crippen LogP contribution in [-0.4, -0.2) is 105 Å². The largest absolute Gasteiger partial charge is 0.375 e. The molecule has 1 amide bonds. The van der Waals surface area contributed by atoms with E-state index in [9.17, 15) is 4.79 Å². The monoisotopic (exact) mass is 374 g/mol. The molecule has 0 aliphatic carbocycles. The summed E-state index contributed by atoms with van der Waals surface area (Å²) in [4.78, 5) is 21.6. The Morgan fingerprint density at radius 1 is 0.852 bits per heavy atom. The van der Waals surface area contributed by atoms with E-state index in [1.807, 2.05) is 4.90 Å². The van der Waals surface area contributed by atoms with Gasteiger partial charge in [0.1, 0.15) is 6.61 Å². The highest BCUT2D eigenvalue weighted by Gasteiger charge is 2.21. The van der Waals surface area contributed by atoms with Crippen LogP contribution < -0.4 is 0 Å². The summed E-state index contributed by atoms with van der Waals surface area (Å²) >= 11 is 0. The van der Waals surface area contributed by atoms with E-state index in [2.05, 4.69) is 45.0 Å². The lowest BCUT2D eigenvalue weighted by Crippen LogP contribution is -2.48. The molecule has 1 aromatic carbocycles. The van der Waals surface area contributed by atoms with Crippen molar-refractivity contribution in [1.82, 2.24) is 19.6 Å². The van der Waals surface area contributed by atoms with Gasteiger partial charge >= 0.3 is 0 Å². The van der Waals surface area contributed by atoms with Crippen LogP contribution in [-0.2, 0) is 16.1 Å². The molecule has 0 radical (unpaired) electrons. The highest BCUT2D eigenvalue weighted by molar-refractivity contribution is 5.77. The molecular formula is C21H34N4O2. The summed E-state index contributed by atoms with van der Waals surface area (Å²) in [7, 11) is 1.58. The van der Waals surface area contributed by atoms with Gasteiger partial charge < -0.3 is 14.5 Å². The van der Waals surface area contributed by atoms with Gasteiger partial charge in [0, 0.05) is 72.6 Å². The third-order valence-electron chi connectivity index (χ3n) is 5.66. The topological polar surface area (TPSA) is 39.3 Å². The van der Waals surface area contributed by atoms with E-state index in [4.69, 9.17) is 4.74 Å². The molecule has 2 heterocycles. The Morgan fingerprint density at radius 3 is 2.19 bits per heavy atom. The lowest BCUT2D eigenvalue weighted by atomic mass is 10.2. The standard InChI is InChI=1S/C21H34N4O2/c1-27-19-21(26)25-9-5-8-22(16-17-25)10-11-23-12-14-24(15-13-23)18-20-6-3-2-4-7-20/h2-4,6-7H,5,8-19H2,1H3. The predicted octanol–water partition coefficient (Wildman–Crippen LogP) is 0.985. The van der Waals surface area contributed by atoms with Crippen molar-refractivity contribution >= 4 is 5.91 Å². The molecule has 2 fully saturated rings. The number of hydrogen-bond donors (Lipinski definition) is 0. The Kier molecular flexibility index (Phi) is 8.08. The van der Waals surface area contributed by atoms with Crippen LogP contribution in [0.4, 0.5) is 0 Å². The summed E-state index contributed by atoms with van der Waals surface area (Å²) in [5, 5.41) is 0. The number of methoxy groups -OCH3 is 1. The highest BCUT2D eigenvalue weighted by Crippen LogP contribution is 2.09. The van der Waals surface area contributed by atoms with E-state index >= 15 is 0 Å². The molecule has 0 spiro atoms. The minimum Gasteiger partial charge on any atom is -0.375 e. The van der Waals surface area contributed by atoms with E-state index < -0.39 is 0 Å². The summed E-state index contributed by atoms with van der Waals surface area (Å²) in [6.45, 7) is 11.8. The summed E-state index contributed by atoms with van der Waals surface area (Å²) in [5.41, 5.74) is 1.41. The molecule has 0 unspecified atom stereocenters. The first-order valence-corrected chi connectivity index (χ1v) is 10.2. The van der Waals surface area contributed by atoms with Gasteiger partial charge in [0.15, 0.2) is 0 Å². The van der Waals surface area contributed by atoms with E-state index in [0.717, 1.165) is 78.4 Å². The molecule has 0 aromatic heterocycles. The molecule has 0 saturated carbocycles. The van der Waals surface area contributed by atoms with E-state index in [0.29, 0.717) is 0 Å². The van der Waals surface area contributed by atoms with Gasteiger partial charge in [0.2, 0.25) is 5.91 Å². The van der Waals surface area contributed by atoms with Crippen LogP contribution >= 0.6 is 0 Å². The number of carbonyl (C=O) groups is 1. The molecule has 27 heavy (non-hydrogen) atoms. The van der Waals surface area contributed by atoms with Crippen LogP contribution in [0.25, 0.3) is 0 Å². The van der Waals surface area contributed by atoms with Gasteiger partial charge in [0.05, 0.1) is 0 Å². The van der Waals surface area contributed by atoms with Gasteiger partial charge in [-0.05, 0) is 18.5 Å². The SMILES string of the molecule is COCC(=O)N1CCCN(CCN2CCN(Cc3ccccc3)CC2)CC1. The molecular weight excluding hydrogens is 340 g/mol. The molecule has 0 bridgehead atoms. The highest BCUT2D eigenvalue weighted by atomic mass is 16.5. The minimum absolute atomic E-state index is 0.119. The summed E-state index contributed by atoms with van der Waals surface area (Å²) < 4.78 is 4.98. The molecule has 2 saturated heterocycles. The van der Waals surface area contributed by atoms with Crippen LogP contribution in [0, 0.1) is 0 Å². The van der Waals surface area contributed by atoms with Gasteiger partial charge in [-0.1, -0.05) is 30.3 Å². The number of carbonyl (C=O) groups excluding carboxylic acids is 1. The normalized spacial score (nSPS) is 20.6. The number of hydrogen-bond acceptors (Lipinski definition) is 5. The van der Waals surface area contributed by atoms with Crippen molar-refractivity contribution in [2.24, 2.45) is 0 Å². The second-order valence-corrected chi connectivity index (χ2v) is 7.61. The number of benzene rings is 1. The van der Waals surface area contributed by atoms with Crippen LogP contribution in [0.3, 0.4) is 0 Å². The Labute approximate surface area is 163 Å². The molecule has 3 rings (SSSR count). The van der Waals surface area contributed by atoms with Crippen molar-refractivity contribution in [2.45, 2.75) is 13.0 Å². The third-order valence-corrected chi connectivity index (χ3v) is 5.66. The van der Waals surface area contributed by atoms with Crippen LogP contribution in [0.2, 0.25) is 0 Å². The zero-order valence-corrected chi connectivity index (χ0v) is 16.7. The second-order valence-electron chi connectivity index (χ2n) is 7.61.